The van der Waals surface area contributed by atoms with Crippen LogP contribution in [0.25, 0.3) is 10.9 Å². The Hall–Kier alpha value is -2.18. The van der Waals surface area contributed by atoms with Crippen LogP contribution >= 0.6 is 0 Å². The Kier molecular flexibility index (Phi) is 6.54. The van der Waals surface area contributed by atoms with E-state index in [2.05, 4.69) is 9.88 Å². The average molecular weight is 413 g/mol. The minimum absolute atomic E-state index is 0.108. The quantitative estimate of drug-likeness (QED) is 0.650. The molecule has 1 unspecified atom stereocenters. The zero-order valence-corrected chi connectivity index (χ0v) is 17.7. The van der Waals surface area contributed by atoms with Crippen LogP contribution in [0.15, 0.2) is 30.5 Å². The third-order valence-electron chi connectivity index (χ3n) is 6.86. The minimum atomic E-state index is -0.704. The predicted octanol–water partition coefficient (Wildman–Crippen LogP) is 3.88. The Morgan fingerprint density at radius 2 is 2.10 bits per heavy atom. The van der Waals surface area contributed by atoms with Crippen molar-refractivity contribution in [3.05, 3.63) is 36.0 Å². The van der Waals surface area contributed by atoms with Crippen LogP contribution in [-0.2, 0) is 4.79 Å². The highest BCUT2D eigenvalue weighted by molar-refractivity contribution is 5.83. The molecule has 1 saturated heterocycles. The third kappa shape index (κ3) is 4.93. The molecule has 2 aliphatic rings. The third-order valence-corrected chi connectivity index (χ3v) is 6.86. The first-order valence-electron chi connectivity index (χ1n) is 11.1. The number of rotatable bonds is 9. The molecule has 3 atom stereocenters. The topological polar surface area (TPSA) is 82.9 Å². The second kappa shape index (κ2) is 9.31. The zero-order valence-electron chi connectivity index (χ0n) is 17.7. The summed E-state index contributed by atoms with van der Waals surface area (Å²) in [6, 6.07) is 7.50. The first kappa shape index (κ1) is 21.1. The van der Waals surface area contributed by atoms with E-state index in [-0.39, 0.29) is 11.8 Å². The lowest BCUT2D eigenvalue weighted by Gasteiger charge is -2.37. The smallest absolute Gasteiger partial charge is 0.308 e. The van der Waals surface area contributed by atoms with Gasteiger partial charge < -0.3 is 19.8 Å². The molecule has 0 bridgehead atoms. The van der Waals surface area contributed by atoms with E-state index in [9.17, 15) is 15.0 Å². The average Bonchev–Trinajstić information content (AvgIpc) is 3.60. The van der Waals surface area contributed by atoms with Crippen molar-refractivity contribution in [1.29, 1.82) is 0 Å². The number of aromatic nitrogens is 1. The van der Waals surface area contributed by atoms with Crippen LogP contribution in [-0.4, -0.2) is 52.8 Å². The molecule has 30 heavy (non-hydrogen) atoms. The van der Waals surface area contributed by atoms with Crippen LogP contribution in [0.4, 0.5) is 0 Å². The van der Waals surface area contributed by atoms with E-state index >= 15 is 0 Å². The van der Waals surface area contributed by atoms with E-state index in [0.29, 0.717) is 19.4 Å². The molecule has 1 aliphatic carbocycles. The van der Waals surface area contributed by atoms with E-state index < -0.39 is 12.1 Å². The van der Waals surface area contributed by atoms with Crippen molar-refractivity contribution in [1.82, 2.24) is 9.88 Å². The summed E-state index contributed by atoms with van der Waals surface area (Å²) < 4.78 is 5.32. The molecule has 2 heterocycles. The fourth-order valence-corrected chi connectivity index (χ4v) is 4.76. The number of likely N-dealkylation sites (tertiary alicyclic amines) is 1. The van der Waals surface area contributed by atoms with Gasteiger partial charge in [0, 0.05) is 18.1 Å². The number of aliphatic hydroxyl groups excluding tert-OH is 1. The molecule has 1 aromatic heterocycles. The number of hydrogen-bond acceptors (Lipinski definition) is 5. The second-order valence-electron chi connectivity index (χ2n) is 8.90. The van der Waals surface area contributed by atoms with Crippen LogP contribution in [0, 0.1) is 17.8 Å². The molecule has 2 N–H and O–H groups in total. The Labute approximate surface area is 177 Å². The van der Waals surface area contributed by atoms with Gasteiger partial charge in [0.15, 0.2) is 0 Å². The number of aliphatic hydroxyl groups is 1. The number of piperidine rings is 1. The normalized spacial score (nSPS) is 23.4. The van der Waals surface area contributed by atoms with Crippen molar-refractivity contribution in [2.24, 2.45) is 17.8 Å². The highest BCUT2D eigenvalue weighted by Crippen LogP contribution is 2.35. The molecule has 6 heteroatoms. The van der Waals surface area contributed by atoms with Gasteiger partial charge in [-0.15, -0.1) is 0 Å². The Balaban J connectivity index is 1.39. The number of methoxy groups -OCH3 is 1. The van der Waals surface area contributed by atoms with E-state index in [4.69, 9.17) is 4.74 Å². The second-order valence-corrected chi connectivity index (χ2v) is 8.90. The van der Waals surface area contributed by atoms with E-state index in [1.807, 2.05) is 24.3 Å². The number of nitrogens with zero attached hydrogens (tertiary/aromatic N) is 2. The molecule has 0 amide bonds. The van der Waals surface area contributed by atoms with Crippen LogP contribution in [0.2, 0.25) is 0 Å². The van der Waals surface area contributed by atoms with Crippen LogP contribution in [0.5, 0.6) is 5.75 Å². The van der Waals surface area contributed by atoms with E-state index in [1.165, 1.54) is 19.3 Å². The summed E-state index contributed by atoms with van der Waals surface area (Å²) >= 11 is 0. The molecule has 1 saturated carbocycles. The molecular weight excluding hydrogens is 380 g/mol. The van der Waals surface area contributed by atoms with Crippen molar-refractivity contribution in [2.75, 3.05) is 26.7 Å². The van der Waals surface area contributed by atoms with Crippen molar-refractivity contribution in [3.8, 4) is 5.75 Å². The zero-order chi connectivity index (χ0) is 21.1. The summed E-state index contributed by atoms with van der Waals surface area (Å²) in [7, 11) is 1.62. The lowest BCUT2D eigenvalue weighted by atomic mass is 9.81. The molecule has 1 aromatic carbocycles. The Morgan fingerprint density at radius 1 is 1.27 bits per heavy atom. The monoisotopic (exact) mass is 412 g/mol. The maximum Gasteiger partial charge on any atom is 0.308 e. The number of fused-ring (bicyclic) bond motifs is 1. The van der Waals surface area contributed by atoms with Gasteiger partial charge in [-0.3, -0.25) is 9.78 Å². The minimum Gasteiger partial charge on any atom is -0.497 e. The van der Waals surface area contributed by atoms with Gasteiger partial charge in [-0.05, 0) is 80.4 Å². The Bertz CT molecular complexity index is 883. The number of carboxylic acid groups (broad SMARTS) is 1. The van der Waals surface area contributed by atoms with Gasteiger partial charge in [-0.25, -0.2) is 0 Å². The maximum absolute atomic E-state index is 11.9. The predicted molar refractivity (Wildman–Crippen MR) is 116 cm³/mol. The number of aliphatic carboxylic acids is 1. The van der Waals surface area contributed by atoms with Crippen molar-refractivity contribution >= 4 is 16.9 Å². The Morgan fingerprint density at radius 3 is 2.83 bits per heavy atom. The molecule has 6 nitrogen and oxygen atoms in total. The maximum atomic E-state index is 11.9. The first-order valence-corrected chi connectivity index (χ1v) is 11.1. The van der Waals surface area contributed by atoms with Crippen LogP contribution < -0.4 is 4.74 Å². The molecule has 2 fully saturated rings. The number of carbonyl (C=O) groups is 1. The van der Waals surface area contributed by atoms with E-state index in [0.717, 1.165) is 47.6 Å². The van der Waals surface area contributed by atoms with Crippen molar-refractivity contribution in [3.63, 3.8) is 0 Å². The highest BCUT2D eigenvalue weighted by atomic mass is 16.5. The first-order chi connectivity index (χ1) is 14.5. The summed E-state index contributed by atoms with van der Waals surface area (Å²) in [5, 5.41) is 21.6. The molecule has 162 valence electrons. The highest BCUT2D eigenvalue weighted by Gasteiger charge is 2.35. The molecule has 2 aromatic rings. The molecule has 1 aliphatic heterocycles. The summed E-state index contributed by atoms with van der Waals surface area (Å²) in [6.45, 7) is 2.62. The molecule has 0 radical (unpaired) electrons. The van der Waals surface area contributed by atoms with Crippen molar-refractivity contribution in [2.45, 2.75) is 44.6 Å². The summed E-state index contributed by atoms with van der Waals surface area (Å²) in [6.07, 6.45) is 7.09. The lowest BCUT2D eigenvalue weighted by Crippen LogP contribution is -2.44. The van der Waals surface area contributed by atoms with Gasteiger partial charge >= 0.3 is 5.97 Å². The van der Waals surface area contributed by atoms with Gasteiger partial charge in [0.1, 0.15) is 5.75 Å². The fourth-order valence-electron chi connectivity index (χ4n) is 4.76. The number of pyridine rings is 1. The lowest BCUT2D eigenvalue weighted by molar-refractivity contribution is -0.146. The number of benzene rings is 1. The van der Waals surface area contributed by atoms with Crippen LogP contribution in [0.3, 0.4) is 0 Å². The largest absolute Gasteiger partial charge is 0.497 e. The van der Waals surface area contributed by atoms with Gasteiger partial charge in [-0.1, -0.05) is 12.8 Å². The van der Waals surface area contributed by atoms with Gasteiger partial charge in [-0.2, -0.15) is 0 Å². The van der Waals surface area contributed by atoms with Crippen molar-refractivity contribution < 1.29 is 19.7 Å². The van der Waals surface area contributed by atoms with Crippen LogP contribution in [0.1, 0.15) is 50.2 Å². The SMILES string of the molecule is COc1ccc2nccc(C(O)CC[C@@H]3CCN(CCC4CC4)C[C@@H]3C(=O)O)c2c1. The number of hydrogen-bond donors (Lipinski definition) is 2. The van der Waals surface area contributed by atoms with Gasteiger partial charge in [0.05, 0.1) is 24.6 Å². The van der Waals surface area contributed by atoms with Gasteiger partial charge in [0.2, 0.25) is 0 Å². The number of carboxylic acids is 1. The summed E-state index contributed by atoms with van der Waals surface area (Å²) in [5.74, 6) is 0.657. The van der Waals surface area contributed by atoms with Gasteiger partial charge in [0.25, 0.3) is 0 Å². The standard InChI is InChI=1S/C24H32N2O4/c1-30-18-5-6-22-20(14-18)19(8-11-25-22)23(27)7-4-17-10-13-26(12-9-16-2-3-16)15-21(17)24(28)29/h5-6,8,11,14,16-17,21,23,27H,2-4,7,9-10,12-13,15H2,1H3,(H,28,29)/t17-,21+,23?/m1/s1. The number of ether oxygens (including phenoxy) is 1. The molecule has 0 spiro atoms. The van der Waals surface area contributed by atoms with E-state index in [1.54, 1.807) is 13.3 Å². The summed E-state index contributed by atoms with van der Waals surface area (Å²) in [4.78, 5) is 18.6. The fraction of sp³-hybridized carbons (Fsp3) is 0.583. The molecule has 4 rings (SSSR count). The summed E-state index contributed by atoms with van der Waals surface area (Å²) in [5.41, 5.74) is 1.65. The molecular formula is C24H32N2O4.